The number of hydrogen-bond donors (Lipinski definition) is 0. The third-order valence-electron chi connectivity index (χ3n) is 3.17. The first-order valence-electron chi connectivity index (χ1n) is 5.92. The van der Waals surface area contributed by atoms with Crippen molar-refractivity contribution < 1.29 is 4.92 Å². The van der Waals surface area contributed by atoms with E-state index in [0.29, 0.717) is 0 Å². The fourth-order valence-corrected chi connectivity index (χ4v) is 2.24. The minimum Gasteiger partial charge on any atom is -0.258 e. The number of rotatable bonds is 2. The molecular formula is C15H11N2O2. The predicted octanol–water partition coefficient (Wildman–Crippen LogP) is 3.20. The molecule has 4 heteroatoms. The molecule has 5 radical (unpaired) electrons. The fraction of sp³-hybridized carbons (Fsp3) is 0.0667. The molecule has 0 N–H and O–H groups in total. The number of nitro benzene ring substituents is 1. The van der Waals surface area contributed by atoms with E-state index in [0.717, 1.165) is 27.9 Å². The maximum Gasteiger partial charge on any atom is 0.270 e. The Bertz CT molecular complexity index is 646. The summed E-state index contributed by atoms with van der Waals surface area (Å²) in [7, 11) is 0. The van der Waals surface area contributed by atoms with Gasteiger partial charge in [-0.15, -0.1) is 0 Å². The van der Waals surface area contributed by atoms with Gasteiger partial charge in [-0.25, -0.2) is 0 Å². The molecule has 1 heterocycles. The molecule has 3 rings (SSSR count). The highest BCUT2D eigenvalue weighted by Crippen LogP contribution is 2.32. The van der Waals surface area contributed by atoms with Crippen LogP contribution < -0.4 is 0 Å². The van der Waals surface area contributed by atoms with E-state index in [4.69, 9.17) is 0 Å². The van der Waals surface area contributed by atoms with Gasteiger partial charge in [0.2, 0.25) is 0 Å². The van der Waals surface area contributed by atoms with Crippen LogP contribution in [-0.4, -0.2) is 9.91 Å². The molecule has 0 amide bonds. The van der Waals surface area contributed by atoms with E-state index in [-0.39, 0.29) is 10.6 Å². The van der Waals surface area contributed by atoms with Crippen LogP contribution in [-0.2, 0) is 0 Å². The molecule has 1 aromatic heterocycles. The van der Waals surface area contributed by atoms with Crippen LogP contribution in [0.3, 0.4) is 0 Å². The van der Waals surface area contributed by atoms with Crippen molar-refractivity contribution >= 4 is 16.6 Å². The van der Waals surface area contributed by atoms with Crippen LogP contribution in [0.1, 0.15) is 11.1 Å². The van der Waals surface area contributed by atoms with E-state index in [1.165, 1.54) is 0 Å². The lowest BCUT2D eigenvalue weighted by Gasteiger charge is -2.09. The van der Waals surface area contributed by atoms with Gasteiger partial charge in [0.25, 0.3) is 5.69 Å². The molecule has 1 aliphatic rings. The number of pyridine rings is 1. The summed E-state index contributed by atoms with van der Waals surface area (Å²) >= 11 is 0. The molecule has 0 bridgehead atoms. The third kappa shape index (κ3) is 2.18. The normalized spacial score (nSPS) is 16.1. The highest BCUT2D eigenvalue weighted by Gasteiger charge is 2.20. The van der Waals surface area contributed by atoms with E-state index < -0.39 is 0 Å². The lowest BCUT2D eigenvalue weighted by Crippen LogP contribution is -1.97. The molecule has 0 spiro atoms. The molecule has 19 heavy (non-hydrogen) atoms. The molecule has 93 valence electrons. The van der Waals surface area contributed by atoms with E-state index in [1.54, 1.807) is 18.3 Å². The zero-order chi connectivity index (χ0) is 13.4. The fourth-order valence-electron chi connectivity index (χ4n) is 2.24. The molecule has 4 nitrogen and oxygen atoms in total. The second-order valence-electron chi connectivity index (χ2n) is 4.49. The summed E-state index contributed by atoms with van der Waals surface area (Å²) in [6.45, 7) is 1.84. The SMILES string of the molecule is Cc1cc([N+](=O)[O-])cc2cc([C]3[CH][CH][CH][CH]3)cnc12. The van der Waals surface area contributed by atoms with E-state index in [2.05, 4.69) is 4.98 Å². The van der Waals surface area contributed by atoms with Gasteiger partial charge in [-0.2, -0.15) is 0 Å². The second kappa shape index (κ2) is 4.61. The van der Waals surface area contributed by atoms with Crippen LogP contribution in [0, 0.1) is 48.6 Å². The Balaban J connectivity index is 2.12. The summed E-state index contributed by atoms with van der Waals surface area (Å²) < 4.78 is 0. The molecule has 0 saturated heterocycles. The number of benzene rings is 1. The Labute approximate surface area is 111 Å². The maximum atomic E-state index is 10.9. The lowest BCUT2D eigenvalue weighted by molar-refractivity contribution is -0.384. The molecule has 1 saturated carbocycles. The first-order chi connectivity index (χ1) is 9.15. The van der Waals surface area contributed by atoms with Gasteiger partial charge in [0.1, 0.15) is 0 Å². The van der Waals surface area contributed by atoms with Crippen LogP contribution in [0.4, 0.5) is 5.69 Å². The Morgan fingerprint density at radius 2 is 1.89 bits per heavy atom. The Kier molecular flexibility index (Phi) is 2.93. The minimum atomic E-state index is -0.373. The maximum absolute atomic E-state index is 10.9. The monoisotopic (exact) mass is 251 g/mol. The average Bonchev–Trinajstić information content (AvgIpc) is 2.91. The number of nitro groups is 1. The van der Waals surface area contributed by atoms with Gasteiger partial charge >= 0.3 is 0 Å². The molecule has 1 aromatic carbocycles. The van der Waals surface area contributed by atoms with Crippen molar-refractivity contribution in [1.29, 1.82) is 0 Å². The van der Waals surface area contributed by atoms with Crippen LogP contribution >= 0.6 is 0 Å². The first-order valence-corrected chi connectivity index (χ1v) is 5.92. The number of aromatic nitrogens is 1. The molecule has 0 unspecified atom stereocenters. The van der Waals surface area contributed by atoms with Gasteiger partial charge in [0.05, 0.1) is 10.4 Å². The Morgan fingerprint density at radius 3 is 2.58 bits per heavy atom. The predicted molar refractivity (Wildman–Crippen MR) is 72.7 cm³/mol. The van der Waals surface area contributed by atoms with Gasteiger partial charge in [-0.1, -0.05) is 0 Å². The van der Waals surface area contributed by atoms with Gasteiger partial charge in [-0.3, -0.25) is 15.1 Å². The second-order valence-corrected chi connectivity index (χ2v) is 4.49. The molecular weight excluding hydrogens is 240 g/mol. The largest absolute Gasteiger partial charge is 0.270 e. The van der Waals surface area contributed by atoms with Gasteiger partial charge < -0.3 is 0 Å². The zero-order valence-corrected chi connectivity index (χ0v) is 10.3. The Morgan fingerprint density at radius 1 is 1.16 bits per heavy atom. The average molecular weight is 251 g/mol. The lowest BCUT2D eigenvalue weighted by atomic mass is 9.97. The molecule has 1 aliphatic carbocycles. The summed E-state index contributed by atoms with van der Waals surface area (Å²) in [5.74, 6) is 1.07. The van der Waals surface area contributed by atoms with Crippen molar-refractivity contribution in [2.24, 2.45) is 0 Å². The quantitative estimate of drug-likeness (QED) is 0.608. The molecule has 1 fully saturated rings. The third-order valence-corrected chi connectivity index (χ3v) is 3.17. The summed E-state index contributed by atoms with van der Waals surface area (Å²) in [5, 5.41) is 11.7. The number of hydrogen-bond acceptors (Lipinski definition) is 3. The number of aryl methyl sites for hydroxylation is 1. The van der Waals surface area contributed by atoms with Crippen LogP contribution in [0.25, 0.3) is 10.9 Å². The van der Waals surface area contributed by atoms with Crippen molar-refractivity contribution in [2.45, 2.75) is 6.92 Å². The zero-order valence-electron chi connectivity index (χ0n) is 10.3. The summed E-state index contributed by atoms with van der Waals surface area (Å²) in [6.07, 6.45) is 9.70. The summed E-state index contributed by atoms with van der Waals surface area (Å²) in [5.41, 5.74) is 2.70. The standard InChI is InChI=1S/C15H11N2O2/c1-10-6-14(17(18)19)8-12-7-13(9-16-15(10)12)11-4-2-3-5-11/h2-9H,1H3. The highest BCUT2D eigenvalue weighted by atomic mass is 16.6. The van der Waals surface area contributed by atoms with E-state index in [9.17, 15) is 10.1 Å². The number of fused-ring (bicyclic) bond motifs is 1. The van der Waals surface area contributed by atoms with E-state index in [1.807, 2.05) is 38.7 Å². The van der Waals surface area contributed by atoms with Gasteiger partial charge in [-0.05, 0) is 49.8 Å². The Hall–Kier alpha value is -1.97. The number of nitrogens with zero attached hydrogens (tertiary/aromatic N) is 2. The molecule has 0 atom stereocenters. The van der Waals surface area contributed by atoms with Crippen molar-refractivity contribution in [3.63, 3.8) is 0 Å². The van der Waals surface area contributed by atoms with Crippen molar-refractivity contribution in [2.75, 3.05) is 0 Å². The van der Waals surface area contributed by atoms with Gasteiger partial charge in [0.15, 0.2) is 0 Å². The number of non-ortho nitro benzene ring substituents is 1. The first kappa shape index (κ1) is 12.1. The van der Waals surface area contributed by atoms with Crippen molar-refractivity contribution in [3.8, 4) is 0 Å². The summed E-state index contributed by atoms with van der Waals surface area (Å²) in [4.78, 5) is 14.9. The van der Waals surface area contributed by atoms with Crippen LogP contribution in [0.2, 0.25) is 0 Å². The van der Waals surface area contributed by atoms with Crippen molar-refractivity contribution in [3.05, 3.63) is 77.2 Å². The topological polar surface area (TPSA) is 56.0 Å². The summed E-state index contributed by atoms with van der Waals surface area (Å²) in [6, 6.07) is 5.07. The van der Waals surface area contributed by atoms with Crippen molar-refractivity contribution in [1.82, 2.24) is 4.98 Å². The molecule has 0 aliphatic heterocycles. The smallest absolute Gasteiger partial charge is 0.258 e. The van der Waals surface area contributed by atoms with E-state index >= 15 is 0 Å². The van der Waals surface area contributed by atoms with Crippen LogP contribution in [0.15, 0.2) is 24.4 Å². The highest BCUT2D eigenvalue weighted by molar-refractivity contribution is 5.85. The van der Waals surface area contributed by atoms with Gasteiger partial charge in [0, 0.05) is 29.6 Å². The minimum absolute atomic E-state index is 0.103. The molecule has 2 aromatic rings. The van der Waals surface area contributed by atoms with Crippen LogP contribution in [0.5, 0.6) is 0 Å².